The molecule has 0 saturated carbocycles. The van der Waals surface area contributed by atoms with Crippen molar-refractivity contribution in [2.24, 2.45) is 0 Å². The summed E-state index contributed by atoms with van der Waals surface area (Å²) in [4.78, 5) is 11.7. The predicted octanol–water partition coefficient (Wildman–Crippen LogP) is 3.33. The van der Waals surface area contributed by atoms with Gasteiger partial charge >= 0.3 is 6.18 Å². The number of halogens is 3. The number of benzene rings is 2. The average molecular weight is 400 g/mol. The molecule has 2 N–H and O–H groups in total. The minimum atomic E-state index is -4.47. The highest BCUT2D eigenvalue weighted by Crippen LogP contribution is 2.21. The van der Waals surface area contributed by atoms with E-state index in [-0.39, 0.29) is 17.0 Å². The molecule has 0 bridgehead atoms. The molecule has 0 aliphatic heterocycles. The molecule has 0 fully saturated rings. The Balaban J connectivity index is 2.05. The Hall–Kier alpha value is -2.55. The third-order valence-electron chi connectivity index (χ3n) is 3.69. The first-order valence-corrected chi connectivity index (χ1v) is 9.47. The van der Waals surface area contributed by atoms with Crippen molar-refractivity contribution in [2.45, 2.75) is 31.3 Å². The largest absolute Gasteiger partial charge is 0.405 e. The Labute approximate surface area is 155 Å². The first-order chi connectivity index (χ1) is 12.5. The van der Waals surface area contributed by atoms with Gasteiger partial charge in [-0.3, -0.25) is 9.52 Å². The Morgan fingerprint density at radius 3 is 2.26 bits per heavy atom. The van der Waals surface area contributed by atoms with Gasteiger partial charge in [0.25, 0.3) is 10.0 Å². The van der Waals surface area contributed by atoms with Crippen LogP contribution in [0.25, 0.3) is 0 Å². The summed E-state index contributed by atoms with van der Waals surface area (Å²) in [7, 11) is -3.78. The molecule has 2 aromatic rings. The van der Waals surface area contributed by atoms with Crippen LogP contribution in [0, 0.1) is 13.8 Å². The molecule has 0 heterocycles. The third-order valence-corrected chi connectivity index (χ3v) is 5.21. The highest BCUT2D eigenvalue weighted by Gasteiger charge is 2.27. The van der Waals surface area contributed by atoms with E-state index < -0.39 is 28.7 Å². The van der Waals surface area contributed by atoms with Crippen LogP contribution in [0.4, 0.5) is 18.9 Å². The van der Waals surface area contributed by atoms with Crippen LogP contribution in [-0.4, -0.2) is 27.0 Å². The number of rotatable bonds is 6. The minimum Gasteiger partial charge on any atom is -0.347 e. The van der Waals surface area contributed by atoms with Crippen LogP contribution < -0.4 is 10.0 Å². The number of hydrogen-bond donors (Lipinski definition) is 2. The van der Waals surface area contributed by atoms with E-state index in [1.54, 1.807) is 31.3 Å². The Morgan fingerprint density at radius 1 is 1.04 bits per heavy atom. The van der Waals surface area contributed by atoms with Gasteiger partial charge < -0.3 is 5.32 Å². The Kier molecular flexibility index (Phi) is 6.15. The summed E-state index contributed by atoms with van der Waals surface area (Å²) in [6.45, 7) is 2.09. The van der Waals surface area contributed by atoms with Gasteiger partial charge in [0.2, 0.25) is 5.91 Å². The molecule has 0 aliphatic rings. The topological polar surface area (TPSA) is 75.3 Å². The van der Waals surface area contributed by atoms with E-state index in [0.29, 0.717) is 11.1 Å². The number of carbonyl (C=O) groups excluding carboxylic acids is 1. The molecule has 0 saturated heterocycles. The maximum atomic E-state index is 12.5. The van der Waals surface area contributed by atoms with Crippen molar-refractivity contribution in [3.8, 4) is 0 Å². The Bertz CT molecular complexity index is 924. The van der Waals surface area contributed by atoms with Gasteiger partial charge in [0.15, 0.2) is 0 Å². The predicted molar refractivity (Wildman–Crippen MR) is 95.9 cm³/mol. The zero-order valence-electron chi connectivity index (χ0n) is 14.7. The molecule has 0 atom stereocenters. The zero-order chi connectivity index (χ0) is 20.2. The fourth-order valence-corrected chi connectivity index (χ4v) is 3.73. The maximum Gasteiger partial charge on any atom is 0.405 e. The highest BCUT2D eigenvalue weighted by atomic mass is 32.2. The van der Waals surface area contributed by atoms with Crippen LogP contribution in [0.15, 0.2) is 47.4 Å². The molecular weight excluding hydrogens is 381 g/mol. The van der Waals surface area contributed by atoms with E-state index in [1.807, 2.05) is 6.07 Å². The van der Waals surface area contributed by atoms with Gasteiger partial charge in [-0.15, -0.1) is 0 Å². The molecule has 1 amide bonds. The van der Waals surface area contributed by atoms with E-state index in [9.17, 15) is 26.4 Å². The molecule has 5 nitrogen and oxygen atoms in total. The molecular formula is C18H19F3N2O3S. The van der Waals surface area contributed by atoms with Gasteiger partial charge in [-0.25, -0.2) is 8.42 Å². The average Bonchev–Trinajstić information content (AvgIpc) is 2.56. The van der Waals surface area contributed by atoms with Crippen LogP contribution in [-0.2, 0) is 21.2 Å². The summed E-state index contributed by atoms with van der Waals surface area (Å²) in [5.41, 5.74) is 2.16. The summed E-state index contributed by atoms with van der Waals surface area (Å²) in [6.07, 6.45) is -4.70. The van der Waals surface area contributed by atoms with E-state index >= 15 is 0 Å². The number of carbonyl (C=O) groups is 1. The number of nitrogens with one attached hydrogen (secondary N) is 2. The number of hydrogen-bond acceptors (Lipinski definition) is 3. The van der Waals surface area contributed by atoms with Gasteiger partial charge in [0, 0.05) is 5.69 Å². The van der Waals surface area contributed by atoms with Crippen molar-refractivity contribution >= 4 is 21.6 Å². The molecule has 0 aliphatic carbocycles. The van der Waals surface area contributed by atoms with Gasteiger partial charge in [0.1, 0.15) is 6.54 Å². The van der Waals surface area contributed by atoms with Crippen molar-refractivity contribution < 1.29 is 26.4 Å². The summed E-state index contributed by atoms with van der Waals surface area (Å²) < 4.78 is 63.8. The van der Waals surface area contributed by atoms with Crippen molar-refractivity contribution in [1.29, 1.82) is 0 Å². The first kappa shape index (κ1) is 20.8. The molecule has 27 heavy (non-hydrogen) atoms. The second-order valence-corrected chi connectivity index (χ2v) is 7.79. The summed E-state index contributed by atoms with van der Waals surface area (Å²) in [5.74, 6) is -0.768. The van der Waals surface area contributed by atoms with Crippen molar-refractivity contribution in [3.05, 3.63) is 59.2 Å². The van der Waals surface area contributed by atoms with Crippen molar-refractivity contribution in [2.75, 3.05) is 11.3 Å². The molecule has 0 unspecified atom stereocenters. The van der Waals surface area contributed by atoms with Gasteiger partial charge in [-0.05, 0) is 48.7 Å². The molecule has 2 rings (SSSR count). The van der Waals surface area contributed by atoms with Crippen LogP contribution in [0.3, 0.4) is 0 Å². The smallest absolute Gasteiger partial charge is 0.347 e. The highest BCUT2D eigenvalue weighted by molar-refractivity contribution is 7.92. The monoisotopic (exact) mass is 400 g/mol. The second-order valence-electron chi connectivity index (χ2n) is 6.14. The van der Waals surface area contributed by atoms with Crippen LogP contribution >= 0.6 is 0 Å². The molecule has 146 valence electrons. The quantitative estimate of drug-likeness (QED) is 0.781. The van der Waals surface area contributed by atoms with Crippen molar-refractivity contribution in [3.63, 3.8) is 0 Å². The lowest BCUT2D eigenvalue weighted by molar-refractivity contribution is -0.138. The van der Waals surface area contributed by atoms with Gasteiger partial charge in [0.05, 0.1) is 11.3 Å². The van der Waals surface area contributed by atoms with E-state index in [0.717, 1.165) is 5.56 Å². The zero-order valence-corrected chi connectivity index (χ0v) is 15.5. The maximum absolute atomic E-state index is 12.5. The molecule has 9 heteroatoms. The van der Waals surface area contributed by atoms with E-state index in [1.165, 1.54) is 24.3 Å². The summed E-state index contributed by atoms with van der Waals surface area (Å²) in [6, 6.07) is 11.0. The number of anilines is 1. The fraction of sp³-hybridized carbons (Fsp3) is 0.278. The molecule has 0 aromatic heterocycles. The standard InChI is InChI=1S/C18H19F3N2O3S/c1-12-3-4-13(2)16(9-12)27(25,26)23-15-7-5-14(6-8-15)10-17(24)22-11-18(19,20)21/h3-9,23H,10-11H2,1-2H3,(H,22,24). The van der Waals surface area contributed by atoms with E-state index in [2.05, 4.69) is 4.72 Å². The SMILES string of the molecule is Cc1ccc(C)c(S(=O)(=O)Nc2ccc(CC(=O)NCC(F)(F)F)cc2)c1. The van der Waals surface area contributed by atoms with Crippen LogP contribution in [0.1, 0.15) is 16.7 Å². The lowest BCUT2D eigenvalue weighted by Crippen LogP contribution is -2.34. The molecule has 2 aromatic carbocycles. The third kappa shape index (κ3) is 6.28. The normalized spacial score (nSPS) is 11.9. The van der Waals surface area contributed by atoms with Gasteiger partial charge in [-0.1, -0.05) is 24.3 Å². The molecule has 0 radical (unpaired) electrons. The number of amides is 1. The lowest BCUT2D eigenvalue weighted by atomic mass is 10.1. The summed E-state index contributed by atoms with van der Waals surface area (Å²) >= 11 is 0. The van der Waals surface area contributed by atoms with Crippen LogP contribution in [0.2, 0.25) is 0 Å². The van der Waals surface area contributed by atoms with Crippen LogP contribution in [0.5, 0.6) is 0 Å². The molecule has 0 spiro atoms. The lowest BCUT2D eigenvalue weighted by Gasteiger charge is -2.12. The Morgan fingerprint density at radius 2 is 1.67 bits per heavy atom. The van der Waals surface area contributed by atoms with E-state index in [4.69, 9.17) is 0 Å². The second kappa shape index (κ2) is 7.99. The van der Waals surface area contributed by atoms with Crippen molar-refractivity contribution in [1.82, 2.24) is 5.32 Å². The number of sulfonamides is 1. The number of alkyl halides is 3. The minimum absolute atomic E-state index is 0.165. The number of aryl methyl sites for hydroxylation is 2. The first-order valence-electron chi connectivity index (χ1n) is 7.99. The summed E-state index contributed by atoms with van der Waals surface area (Å²) in [5, 5.41) is 1.78. The van der Waals surface area contributed by atoms with Gasteiger partial charge in [-0.2, -0.15) is 13.2 Å². The fourth-order valence-electron chi connectivity index (χ4n) is 2.34.